The van der Waals surface area contributed by atoms with Gasteiger partial charge in [0.2, 0.25) is 0 Å². The Morgan fingerprint density at radius 2 is 1.92 bits per heavy atom. The first-order valence-corrected chi connectivity index (χ1v) is 8.81. The van der Waals surface area contributed by atoms with Gasteiger partial charge in [-0.05, 0) is 62.7 Å². The molecule has 4 aliphatic rings. The summed E-state index contributed by atoms with van der Waals surface area (Å²) in [5.41, 5.74) is -0.0419. The molecule has 1 heterocycles. The van der Waals surface area contributed by atoms with Crippen LogP contribution in [0.2, 0.25) is 0 Å². The summed E-state index contributed by atoms with van der Waals surface area (Å²) in [6.45, 7) is 2.08. The molecule has 1 aromatic rings. The number of hydrogen-bond acceptors (Lipinski definition) is 5. The number of carbonyl (C=O) groups excluding carboxylic acids is 1. The van der Waals surface area contributed by atoms with Gasteiger partial charge in [0.15, 0.2) is 0 Å². The molecule has 0 aromatic carbocycles. The lowest BCUT2D eigenvalue weighted by atomic mass is 9.46. The molecule has 0 aliphatic heterocycles. The van der Waals surface area contributed by atoms with Crippen molar-refractivity contribution < 1.29 is 14.6 Å². The Kier molecular flexibility index (Phi) is 3.56. The number of amides is 1. The molecule has 24 heavy (non-hydrogen) atoms. The monoisotopic (exact) mass is 331 g/mol. The van der Waals surface area contributed by atoms with E-state index in [9.17, 15) is 9.90 Å². The number of nitrogens with zero attached hydrogens (tertiary/aromatic N) is 2. The third kappa shape index (κ3) is 2.57. The molecule has 4 bridgehead atoms. The Labute approximate surface area is 142 Å². The molecule has 6 heteroatoms. The fourth-order valence-corrected chi connectivity index (χ4v) is 5.76. The highest BCUT2D eigenvalue weighted by Gasteiger charge is 2.59. The molecule has 1 aromatic heterocycles. The summed E-state index contributed by atoms with van der Waals surface area (Å²) in [6.07, 6.45) is 9.15. The van der Waals surface area contributed by atoms with Gasteiger partial charge in [-0.25, -0.2) is 9.97 Å². The van der Waals surface area contributed by atoms with Crippen LogP contribution in [0, 0.1) is 17.3 Å². The molecule has 3 unspecified atom stereocenters. The molecule has 5 rings (SSSR count). The van der Waals surface area contributed by atoms with E-state index >= 15 is 0 Å². The van der Waals surface area contributed by atoms with Gasteiger partial charge >= 0.3 is 6.01 Å². The van der Waals surface area contributed by atoms with Crippen molar-refractivity contribution in [2.45, 2.75) is 57.1 Å². The average Bonchev–Trinajstić information content (AvgIpc) is 2.52. The predicted molar refractivity (Wildman–Crippen MR) is 87.6 cm³/mol. The van der Waals surface area contributed by atoms with Crippen LogP contribution < -0.4 is 10.1 Å². The first kappa shape index (κ1) is 15.8. The Morgan fingerprint density at radius 1 is 1.29 bits per heavy atom. The lowest BCUT2D eigenvalue weighted by Crippen LogP contribution is -2.61. The molecule has 4 aliphatic carbocycles. The van der Waals surface area contributed by atoms with E-state index in [1.165, 1.54) is 25.9 Å². The molecule has 0 spiro atoms. The van der Waals surface area contributed by atoms with Crippen molar-refractivity contribution in [2.75, 3.05) is 7.11 Å². The number of nitrogens with one attached hydrogen (secondary N) is 1. The summed E-state index contributed by atoms with van der Waals surface area (Å²) in [5.74, 6) is 1.06. The zero-order valence-electron chi connectivity index (χ0n) is 14.3. The topological polar surface area (TPSA) is 84.3 Å². The highest BCUT2D eigenvalue weighted by Crippen LogP contribution is 2.62. The second-order valence-corrected chi connectivity index (χ2v) is 8.20. The molecular weight excluding hydrogens is 306 g/mol. The SMILES string of the molecule is COc1ncc(C(=O)NC(C)C23CC4CC(CC(O)(C4)C2)C3)cn1. The minimum Gasteiger partial charge on any atom is -0.467 e. The van der Waals surface area contributed by atoms with E-state index in [1.807, 2.05) is 0 Å². The average molecular weight is 331 g/mol. The van der Waals surface area contributed by atoms with Crippen molar-refractivity contribution in [2.24, 2.45) is 17.3 Å². The third-order valence-corrected chi connectivity index (χ3v) is 6.41. The maximum absolute atomic E-state index is 12.5. The van der Waals surface area contributed by atoms with Gasteiger partial charge in [-0.1, -0.05) is 0 Å². The first-order chi connectivity index (χ1) is 11.4. The van der Waals surface area contributed by atoms with E-state index in [1.54, 1.807) is 0 Å². The molecule has 0 saturated heterocycles. The maximum Gasteiger partial charge on any atom is 0.316 e. The Morgan fingerprint density at radius 3 is 2.46 bits per heavy atom. The van der Waals surface area contributed by atoms with Crippen molar-refractivity contribution in [1.82, 2.24) is 15.3 Å². The van der Waals surface area contributed by atoms with Crippen LogP contribution in [0.5, 0.6) is 6.01 Å². The number of carbonyl (C=O) groups is 1. The Bertz CT molecular complexity index is 631. The Hall–Kier alpha value is -1.69. The van der Waals surface area contributed by atoms with Crippen LogP contribution >= 0.6 is 0 Å². The fourth-order valence-electron chi connectivity index (χ4n) is 5.76. The molecular formula is C18H25N3O3. The van der Waals surface area contributed by atoms with Gasteiger partial charge in [-0.15, -0.1) is 0 Å². The van der Waals surface area contributed by atoms with E-state index < -0.39 is 5.60 Å². The van der Waals surface area contributed by atoms with Crippen molar-refractivity contribution >= 4 is 5.91 Å². The smallest absolute Gasteiger partial charge is 0.316 e. The zero-order valence-corrected chi connectivity index (χ0v) is 14.3. The van der Waals surface area contributed by atoms with Crippen molar-refractivity contribution in [1.29, 1.82) is 0 Å². The van der Waals surface area contributed by atoms with Gasteiger partial charge in [0.05, 0.1) is 18.3 Å². The van der Waals surface area contributed by atoms with Crippen LogP contribution in [0.1, 0.15) is 55.8 Å². The van der Waals surface area contributed by atoms with E-state index in [2.05, 4.69) is 22.2 Å². The first-order valence-electron chi connectivity index (χ1n) is 8.81. The second kappa shape index (κ2) is 5.41. The molecule has 6 nitrogen and oxygen atoms in total. The molecule has 2 N–H and O–H groups in total. The van der Waals surface area contributed by atoms with Gasteiger partial charge in [0.25, 0.3) is 5.91 Å². The minimum absolute atomic E-state index is 0.0296. The lowest BCUT2D eigenvalue weighted by molar-refractivity contribution is -0.171. The molecule has 0 radical (unpaired) electrons. The molecule has 130 valence electrons. The number of rotatable bonds is 4. The summed E-state index contributed by atoms with van der Waals surface area (Å²) >= 11 is 0. The van der Waals surface area contributed by atoms with Crippen LogP contribution in [-0.4, -0.2) is 39.7 Å². The number of hydrogen-bond donors (Lipinski definition) is 2. The Balaban J connectivity index is 1.49. The molecule has 1 amide bonds. The van der Waals surface area contributed by atoms with E-state index in [-0.39, 0.29) is 23.4 Å². The highest BCUT2D eigenvalue weighted by molar-refractivity contribution is 5.93. The quantitative estimate of drug-likeness (QED) is 0.881. The normalized spacial score (nSPS) is 38.0. The number of methoxy groups -OCH3 is 1. The fraction of sp³-hybridized carbons (Fsp3) is 0.722. The van der Waals surface area contributed by atoms with E-state index in [4.69, 9.17) is 4.74 Å². The summed E-state index contributed by atoms with van der Waals surface area (Å²) < 4.78 is 4.92. The van der Waals surface area contributed by atoms with Crippen LogP contribution in [0.15, 0.2) is 12.4 Å². The molecule has 4 saturated carbocycles. The summed E-state index contributed by atoms with van der Waals surface area (Å²) in [4.78, 5) is 20.5. The largest absolute Gasteiger partial charge is 0.467 e. The molecule has 3 atom stereocenters. The van der Waals surface area contributed by atoms with Crippen molar-refractivity contribution in [3.63, 3.8) is 0 Å². The number of aliphatic hydroxyl groups is 1. The summed E-state index contributed by atoms with van der Waals surface area (Å²) in [5, 5.41) is 14.0. The standard InChI is InChI=1S/C18H25N3O3/c1-11(21-15(22)14-8-19-16(24-2)20-9-14)17-4-12-3-13(5-17)7-18(23,6-12)10-17/h8-9,11-13,23H,3-7,10H2,1-2H3,(H,21,22). The van der Waals surface area contributed by atoms with Gasteiger partial charge in [-0.2, -0.15) is 0 Å². The van der Waals surface area contributed by atoms with Crippen molar-refractivity contribution in [3.05, 3.63) is 18.0 Å². The van der Waals surface area contributed by atoms with E-state index in [0.29, 0.717) is 17.4 Å². The zero-order chi connectivity index (χ0) is 16.9. The summed E-state index contributed by atoms with van der Waals surface area (Å²) in [6, 6.07) is 0.285. The lowest BCUT2D eigenvalue weighted by Gasteiger charge is -2.62. The minimum atomic E-state index is -0.508. The van der Waals surface area contributed by atoms with Crippen LogP contribution in [0.3, 0.4) is 0 Å². The van der Waals surface area contributed by atoms with E-state index in [0.717, 1.165) is 32.1 Å². The highest BCUT2D eigenvalue weighted by atomic mass is 16.5. The van der Waals surface area contributed by atoms with Crippen molar-refractivity contribution in [3.8, 4) is 6.01 Å². The maximum atomic E-state index is 12.5. The van der Waals surface area contributed by atoms with Gasteiger partial charge in [0.1, 0.15) is 0 Å². The summed E-state index contributed by atoms with van der Waals surface area (Å²) in [7, 11) is 1.49. The third-order valence-electron chi connectivity index (χ3n) is 6.41. The van der Waals surface area contributed by atoms with Gasteiger partial charge < -0.3 is 15.2 Å². The number of aromatic nitrogens is 2. The van der Waals surface area contributed by atoms with Gasteiger partial charge in [-0.3, -0.25) is 4.79 Å². The van der Waals surface area contributed by atoms with Gasteiger partial charge in [0, 0.05) is 18.4 Å². The number of ether oxygens (including phenoxy) is 1. The second-order valence-electron chi connectivity index (χ2n) is 8.20. The molecule has 4 fully saturated rings. The van der Waals surface area contributed by atoms with Crippen LogP contribution in [0.25, 0.3) is 0 Å². The van der Waals surface area contributed by atoms with Crippen LogP contribution in [0.4, 0.5) is 0 Å². The van der Waals surface area contributed by atoms with Crippen LogP contribution in [-0.2, 0) is 0 Å². The predicted octanol–water partition coefficient (Wildman–Crippen LogP) is 1.93.